The second-order valence-corrected chi connectivity index (χ2v) is 6.83. The molecule has 0 aliphatic rings. The molecule has 0 radical (unpaired) electrons. The number of hydrogen-bond acceptors (Lipinski definition) is 4. The molecule has 6 nitrogen and oxygen atoms in total. The van der Waals surface area contributed by atoms with E-state index in [1.165, 1.54) is 35.4 Å². The minimum absolute atomic E-state index is 0.0992. The van der Waals surface area contributed by atoms with Gasteiger partial charge < -0.3 is 15.5 Å². The van der Waals surface area contributed by atoms with Crippen LogP contribution < -0.4 is 10.6 Å². The number of nitrogens with one attached hydrogen (secondary N) is 2. The Kier molecular flexibility index (Phi) is 7.16. The van der Waals surface area contributed by atoms with E-state index in [-0.39, 0.29) is 25.5 Å². The van der Waals surface area contributed by atoms with Crippen LogP contribution in [-0.2, 0) is 22.3 Å². The van der Waals surface area contributed by atoms with Crippen LogP contribution in [0.2, 0.25) is 0 Å². The van der Waals surface area contributed by atoms with E-state index in [1.807, 2.05) is 0 Å². The highest BCUT2D eigenvalue weighted by atomic mass is 32.1. The van der Waals surface area contributed by atoms with Gasteiger partial charge in [0.25, 0.3) is 5.91 Å². The third-order valence-corrected chi connectivity index (χ3v) is 4.59. The van der Waals surface area contributed by atoms with Crippen molar-refractivity contribution in [1.82, 2.24) is 15.5 Å². The van der Waals surface area contributed by atoms with E-state index in [0.29, 0.717) is 10.4 Å². The molecule has 0 spiro atoms. The molecule has 0 saturated heterocycles. The molecule has 0 aliphatic carbocycles. The van der Waals surface area contributed by atoms with Crippen LogP contribution in [0.25, 0.3) is 0 Å². The molecule has 1 heterocycles. The summed E-state index contributed by atoms with van der Waals surface area (Å²) in [6.07, 6.45) is -4.41. The number of hydrogen-bond donors (Lipinski definition) is 2. The van der Waals surface area contributed by atoms with Gasteiger partial charge in [0.2, 0.25) is 11.8 Å². The predicted molar refractivity (Wildman–Crippen MR) is 97.6 cm³/mol. The average Bonchev–Trinajstić information content (AvgIpc) is 3.18. The van der Waals surface area contributed by atoms with Gasteiger partial charge in [-0.15, -0.1) is 11.3 Å². The fraction of sp³-hybridized carbons (Fsp3) is 0.278. The van der Waals surface area contributed by atoms with Crippen LogP contribution in [0.3, 0.4) is 0 Å². The molecule has 3 amide bonds. The van der Waals surface area contributed by atoms with E-state index >= 15 is 0 Å². The normalized spacial score (nSPS) is 11.0. The van der Waals surface area contributed by atoms with Gasteiger partial charge in [-0.1, -0.05) is 18.2 Å². The van der Waals surface area contributed by atoms with Crippen LogP contribution in [0.5, 0.6) is 0 Å². The molecule has 2 N–H and O–H groups in total. The summed E-state index contributed by atoms with van der Waals surface area (Å²) in [4.78, 5) is 37.3. The summed E-state index contributed by atoms with van der Waals surface area (Å²) in [5, 5.41) is 6.56. The molecule has 10 heteroatoms. The smallest absolute Gasteiger partial charge is 0.345 e. The average molecular weight is 413 g/mol. The third-order valence-electron chi connectivity index (χ3n) is 3.72. The highest BCUT2D eigenvalue weighted by Crippen LogP contribution is 2.29. The summed E-state index contributed by atoms with van der Waals surface area (Å²) in [6, 6.07) is 7.83. The van der Waals surface area contributed by atoms with Gasteiger partial charge in [-0.25, -0.2) is 0 Å². The Balaban J connectivity index is 1.74. The van der Waals surface area contributed by atoms with E-state index in [0.717, 1.165) is 12.1 Å². The fourth-order valence-electron chi connectivity index (χ4n) is 2.19. The van der Waals surface area contributed by atoms with Crippen molar-refractivity contribution in [1.29, 1.82) is 0 Å². The van der Waals surface area contributed by atoms with Gasteiger partial charge >= 0.3 is 6.18 Å². The second kappa shape index (κ2) is 9.36. The lowest BCUT2D eigenvalue weighted by Gasteiger charge is -2.18. The van der Waals surface area contributed by atoms with Gasteiger partial charge in [0, 0.05) is 13.6 Å². The minimum Gasteiger partial charge on any atom is -0.345 e. The molecule has 1 aromatic heterocycles. The van der Waals surface area contributed by atoms with Crippen molar-refractivity contribution >= 4 is 29.1 Å². The zero-order chi connectivity index (χ0) is 20.7. The number of amides is 3. The maximum atomic E-state index is 12.5. The number of nitrogens with zero attached hydrogens (tertiary/aromatic N) is 1. The van der Waals surface area contributed by atoms with E-state index in [1.54, 1.807) is 17.5 Å². The number of alkyl halides is 3. The fourth-order valence-corrected chi connectivity index (χ4v) is 2.83. The van der Waals surface area contributed by atoms with Gasteiger partial charge in [-0.05, 0) is 29.1 Å². The zero-order valence-electron chi connectivity index (χ0n) is 14.9. The third kappa shape index (κ3) is 6.38. The van der Waals surface area contributed by atoms with Gasteiger partial charge in [-0.2, -0.15) is 13.2 Å². The number of thiophene rings is 1. The van der Waals surface area contributed by atoms with Crippen LogP contribution in [-0.4, -0.2) is 42.8 Å². The Labute approximate surface area is 163 Å². The summed E-state index contributed by atoms with van der Waals surface area (Å²) in [5.41, 5.74) is -0.236. The summed E-state index contributed by atoms with van der Waals surface area (Å²) in [6.45, 7) is -0.459. The summed E-state index contributed by atoms with van der Waals surface area (Å²) in [5.74, 6) is -1.32. The van der Waals surface area contributed by atoms with Crippen molar-refractivity contribution in [2.75, 3.05) is 20.1 Å². The van der Waals surface area contributed by atoms with Crippen molar-refractivity contribution in [2.45, 2.75) is 12.7 Å². The summed E-state index contributed by atoms with van der Waals surface area (Å²) in [7, 11) is 1.48. The van der Waals surface area contributed by atoms with E-state index in [2.05, 4.69) is 10.6 Å². The van der Waals surface area contributed by atoms with Crippen molar-refractivity contribution in [3.8, 4) is 0 Å². The molecule has 2 aromatic rings. The first-order chi connectivity index (χ1) is 13.2. The highest BCUT2D eigenvalue weighted by Gasteiger charge is 2.30. The van der Waals surface area contributed by atoms with Crippen LogP contribution in [0.4, 0.5) is 13.2 Å². The van der Waals surface area contributed by atoms with E-state index in [9.17, 15) is 27.6 Å². The maximum absolute atomic E-state index is 12.5. The first-order valence-electron chi connectivity index (χ1n) is 8.15. The lowest BCUT2D eigenvalue weighted by Crippen LogP contribution is -2.42. The monoisotopic (exact) mass is 413 g/mol. The molecular formula is C18H18F3N3O3S. The van der Waals surface area contributed by atoms with E-state index in [4.69, 9.17) is 0 Å². The molecule has 0 fully saturated rings. The van der Waals surface area contributed by atoms with Crippen LogP contribution in [0, 0.1) is 0 Å². The number of carbonyl (C=O) groups excluding carboxylic acids is 3. The molecule has 28 heavy (non-hydrogen) atoms. The molecule has 0 bridgehead atoms. The Morgan fingerprint density at radius 1 is 1.04 bits per heavy atom. The summed E-state index contributed by atoms with van der Waals surface area (Å²) < 4.78 is 37.6. The number of rotatable bonds is 7. The quantitative estimate of drug-likeness (QED) is 0.731. The number of carbonyl (C=O) groups is 3. The molecule has 0 saturated carbocycles. The van der Waals surface area contributed by atoms with Crippen molar-refractivity contribution in [3.63, 3.8) is 0 Å². The SMILES string of the molecule is CN(Cc1ccc(C(F)(F)F)cc1)C(=O)CNC(=O)CNC(=O)c1cccs1. The lowest BCUT2D eigenvalue weighted by atomic mass is 10.1. The van der Waals surface area contributed by atoms with Gasteiger partial charge in [0.15, 0.2) is 0 Å². The molecule has 2 rings (SSSR count). The predicted octanol–water partition coefficient (Wildman–Crippen LogP) is 2.27. The zero-order valence-corrected chi connectivity index (χ0v) is 15.7. The van der Waals surface area contributed by atoms with Crippen LogP contribution in [0.15, 0.2) is 41.8 Å². The van der Waals surface area contributed by atoms with Crippen molar-refractivity contribution in [3.05, 3.63) is 57.8 Å². The first-order valence-corrected chi connectivity index (χ1v) is 9.03. The Morgan fingerprint density at radius 2 is 1.71 bits per heavy atom. The lowest BCUT2D eigenvalue weighted by molar-refractivity contribution is -0.137. The van der Waals surface area contributed by atoms with Crippen molar-refractivity contribution < 1.29 is 27.6 Å². The molecule has 1 aromatic carbocycles. The Morgan fingerprint density at radius 3 is 2.29 bits per heavy atom. The maximum Gasteiger partial charge on any atom is 0.416 e. The first kappa shape index (κ1) is 21.4. The number of benzene rings is 1. The molecular weight excluding hydrogens is 395 g/mol. The van der Waals surface area contributed by atoms with E-state index < -0.39 is 23.6 Å². The number of halogens is 3. The van der Waals surface area contributed by atoms with Crippen LogP contribution >= 0.6 is 11.3 Å². The highest BCUT2D eigenvalue weighted by molar-refractivity contribution is 7.12. The Bertz CT molecular complexity index is 821. The molecule has 0 unspecified atom stereocenters. The largest absolute Gasteiger partial charge is 0.416 e. The topological polar surface area (TPSA) is 78.5 Å². The van der Waals surface area contributed by atoms with Gasteiger partial charge in [0.1, 0.15) is 0 Å². The summed E-state index contributed by atoms with van der Waals surface area (Å²) >= 11 is 1.24. The minimum atomic E-state index is -4.41. The Hall–Kier alpha value is -2.88. The number of likely N-dealkylation sites (N-methyl/N-ethyl adjacent to an activating group) is 1. The van der Waals surface area contributed by atoms with Gasteiger partial charge in [0.05, 0.1) is 23.5 Å². The van der Waals surface area contributed by atoms with Gasteiger partial charge in [-0.3, -0.25) is 14.4 Å². The van der Waals surface area contributed by atoms with Crippen molar-refractivity contribution in [2.24, 2.45) is 0 Å². The standard InChI is InChI=1S/C18H18F3N3O3S/c1-24(11-12-4-6-13(7-5-12)18(19,20)21)16(26)10-22-15(25)9-23-17(27)14-3-2-8-28-14/h2-8H,9-11H2,1H3,(H,22,25)(H,23,27). The second-order valence-electron chi connectivity index (χ2n) is 5.88. The molecule has 0 aliphatic heterocycles. The molecule has 0 atom stereocenters. The molecule has 150 valence electrons. The van der Waals surface area contributed by atoms with Crippen LogP contribution in [0.1, 0.15) is 20.8 Å².